The van der Waals surface area contributed by atoms with Crippen molar-refractivity contribution in [2.45, 2.75) is 52.7 Å². The van der Waals surface area contributed by atoms with Crippen molar-refractivity contribution in [2.75, 3.05) is 17.3 Å². The van der Waals surface area contributed by atoms with Gasteiger partial charge in [-0.25, -0.2) is 15.0 Å². The number of hydrogen-bond acceptors (Lipinski definition) is 12. The van der Waals surface area contributed by atoms with E-state index in [2.05, 4.69) is 93.6 Å². The average molecular weight is 796 g/mol. The molecule has 0 unspecified atom stereocenters. The van der Waals surface area contributed by atoms with E-state index in [1.54, 1.807) is 34.0 Å². The summed E-state index contributed by atoms with van der Waals surface area (Å²) in [5.74, 6) is 5.65. The van der Waals surface area contributed by atoms with Crippen molar-refractivity contribution in [3.05, 3.63) is 72.8 Å². The van der Waals surface area contributed by atoms with E-state index in [4.69, 9.17) is 15.0 Å². The minimum Gasteiger partial charge on any atom is -0.206 e. The predicted octanol–water partition coefficient (Wildman–Crippen LogP) is 14.7. The molecule has 0 saturated carbocycles. The van der Waals surface area contributed by atoms with Gasteiger partial charge >= 0.3 is 0 Å². The van der Waals surface area contributed by atoms with Gasteiger partial charge in [0.2, 0.25) is 0 Å². The molecular formula is C36H33N3S9. The summed E-state index contributed by atoms with van der Waals surface area (Å²) in [6, 6.07) is 26.6. The Morgan fingerprint density at radius 2 is 0.604 bits per heavy atom. The second-order valence-corrected chi connectivity index (χ2v) is 21.4. The maximum atomic E-state index is 5.10. The molecule has 246 valence electrons. The summed E-state index contributed by atoms with van der Waals surface area (Å²) in [7, 11) is 0. The summed E-state index contributed by atoms with van der Waals surface area (Å²) in [4.78, 5) is 26.1. The Balaban J connectivity index is 1.23. The number of nitrogens with zero attached hydrogens (tertiary/aromatic N) is 3. The first-order valence-corrected chi connectivity index (χ1v) is 23.7. The molecule has 7 aromatic rings. The third kappa shape index (κ3) is 8.24. The molecule has 0 N–H and O–H groups in total. The highest BCUT2D eigenvalue weighted by Gasteiger charge is 2.18. The smallest absolute Gasteiger partial charge is 0.174 e. The molecule has 0 atom stereocenters. The van der Waals surface area contributed by atoms with Crippen molar-refractivity contribution in [1.29, 1.82) is 0 Å². The highest BCUT2D eigenvalue weighted by molar-refractivity contribution is 8.01. The molecule has 0 aliphatic heterocycles. The van der Waals surface area contributed by atoms with Gasteiger partial charge in [0.1, 0.15) is 0 Å². The maximum absolute atomic E-state index is 5.10. The highest BCUT2D eigenvalue weighted by Crippen LogP contribution is 2.44. The number of thiophene rings is 6. The van der Waals surface area contributed by atoms with E-state index in [0.29, 0.717) is 0 Å². The van der Waals surface area contributed by atoms with Crippen LogP contribution in [0, 0.1) is 0 Å². The lowest BCUT2D eigenvalue weighted by atomic mass is 10.3. The van der Waals surface area contributed by atoms with Gasteiger partial charge in [0.15, 0.2) is 17.5 Å². The quantitative estimate of drug-likeness (QED) is 0.0963. The number of aromatic nitrogens is 3. The molecule has 12 heteroatoms. The Labute approximate surface area is 319 Å². The molecule has 0 aliphatic rings. The molecule has 0 spiro atoms. The van der Waals surface area contributed by atoms with Crippen molar-refractivity contribution in [3.8, 4) is 61.4 Å². The molecule has 48 heavy (non-hydrogen) atoms. The predicted molar refractivity (Wildman–Crippen MR) is 223 cm³/mol. The van der Waals surface area contributed by atoms with E-state index < -0.39 is 0 Å². The van der Waals surface area contributed by atoms with Crippen LogP contribution in [0.1, 0.15) is 40.0 Å². The van der Waals surface area contributed by atoms with Gasteiger partial charge in [0, 0.05) is 29.3 Å². The van der Waals surface area contributed by atoms with Crippen LogP contribution < -0.4 is 0 Å². The molecule has 7 aromatic heterocycles. The second kappa shape index (κ2) is 16.5. The summed E-state index contributed by atoms with van der Waals surface area (Å²) >= 11 is 16.7. The van der Waals surface area contributed by atoms with Gasteiger partial charge in [-0.05, 0) is 109 Å². The van der Waals surface area contributed by atoms with E-state index >= 15 is 0 Å². The Bertz CT molecular complexity index is 1840. The van der Waals surface area contributed by atoms with Crippen LogP contribution in [0.3, 0.4) is 0 Å². The summed E-state index contributed by atoms with van der Waals surface area (Å²) in [5, 5.41) is 0. The van der Waals surface area contributed by atoms with Crippen molar-refractivity contribution >= 4 is 103 Å². The Hall–Kier alpha value is -1.74. The first-order chi connectivity index (χ1) is 23.6. The van der Waals surface area contributed by atoms with E-state index in [9.17, 15) is 0 Å². The van der Waals surface area contributed by atoms with Gasteiger partial charge < -0.3 is 0 Å². The number of hydrogen-bond donors (Lipinski definition) is 0. The van der Waals surface area contributed by atoms with Crippen LogP contribution in [0.25, 0.3) is 61.4 Å². The molecule has 0 aliphatic carbocycles. The van der Waals surface area contributed by atoms with Crippen LogP contribution in [-0.2, 0) is 0 Å². The van der Waals surface area contributed by atoms with Crippen molar-refractivity contribution in [2.24, 2.45) is 0 Å². The van der Waals surface area contributed by atoms with Crippen LogP contribution in [-0.4, -0.2) is 32.2 Å². The topological polar surface area (TPSA) is 38.7 Å². The van der Waals surface area contributed by atoms with Gasteiger partial charge in [0.25, 0.3) is 0 Å². The first kappa shape index (κ1) is 34.7. The highest BCUT2D eigenvalue weighted by atomic mass is 32.2. The zero-order valence-corrected chi connectivity index (χ0v) is 34.0. The van der Waals surface area contributed by atoms with Crippen LogP contribution in [0.4, 0.5) is 0 Å². The monoisotopic (exact) mass is 795 g/mol. The largest absolute Gasteiger partial charge is 0.206 e. The van der Waals surface area contributed by atoms with Crippen molar-refractivity contribution in [3.63, 3.8) is 0 Å². The van der Waals surface area contributed by atoms with E-state index in [-0.39, 0.29) is 0 Å². The summed E-state index contributed by atoms with van der Waals surface area (Å²) in [5.41, 5.74) is 0. The van der Waals surface area contributed by atoms with Crippen LogP contribution >= 0.6 is 103 Å². The van der Waals surface area contributed by atoms with Crippen LogP contribution in [0.5, 0.6) is 0 Å². The molecule has 0 bridgehead atoms. The summed E-state index contributed by atoms with van der Waals surface area (Å²) in [6.07, 6.45) is 3.55. The fourth-order valence-electron chi connectivity index (χ4n) is 4.68. The molecule has 0 aromatic carbocycles. The van der Waals surface area contributed by atoms with Gasteiger partial charge in [-0.1, -0.05) is 20.8 Å². The third-order valence-corrected chi connectivity index (χ3v) is 18.3. The standard InChI is InChI=1S/C36H33N3S9/c1-4-19-40-31-16-13-25(46-31)22-7-10-28(43-22)34-37-35(29-11-8-23(44-29)26-14-17-32(47-26)41-20-5-2)39-36(38-34)30-12-9-24(45-30)27-15-18-33(48-27)42-21-6-3/h7-18H,4-6,19-21H2,1-3H3. The van der Waals surface area contributed by atoms with E-state index in [1.807, 2.05) is 69.3 Å². The number of rotatable bonds is 15. The normalized spacial score (nSPS) is 11.6. The lowest BCUT2D eigenvalue weighted by molar-refractivity contribution is 1.09. The minimum absolute atomic E-state index is 0.733. The van der Waals surface area contributed by atoms with Crippen molar-refractivity contribution in [1.82, 2.24) is 15.0 Å². The molecule has 0 amide bonds. The SMILES string of the molecule is CCCSc1ccc(-c2ccc(-c3nc(-c4ccc(-c5ccc(SCCC)s5)s4)nc(-c4ccc(-c5ccc(SCCC)s5)s4)n3)s2)s1. The molecule has 0 saturated heterocycles. The maximum Gasteiger partial charge on any atom is 0.174 e. The molecule has 0 radical (unpaired) electrons. The third-order valence-electron chi connectivity index (χ3n) is 6.93. The van der Waals surface area contributed by atoms with Gasteiger partial charge in [0.05, 0.1) is 27.3 Å². The fraction of sp³-hybridized carbons (Fsp3) is 0.250. The lowest BCUT2D eigenvalue weighted by Gasteiger charge is -2.04. The molecule has 3 nitrogen and oxygen atoms in total. The fourth-order valence-corrected chi connectivity index (χ4v) is 14.0. The van der Waals surface area contributed by atoms with Crippen molar-refractivity contribution < 1.29 is 0 Å². The zero-order chi connectivity index (χ0) is 32.9. The van der Waals surface area contributed by atoms with Crippen LogP contribution in [0.15, 0.2) is 85.4 Å². The zero-order valence-electron chi connectivity index (χ0n) is 26.7. The molecular weight excluding hydrogens is 763 g/mol. The summed E-state index contributed by atoms with van der Waals surface area (Å²) < 4.78 is 4.12. The minimum atomic E-state index is 0.733. The summed E-state index contributed by atoms with van der Waals surface area (Å²) in [6.45, 7) is 6.70. The number of thioether (sulfide) groups is 3. The Morgan fingerprint density at radius 1 is 0.354 bits per heavy atom. The van der Waals surface area contributed by atoms with Gasteiger partial charge in [-0.2, -0.15) is 0 Å². The first-order valence-electron chi connectivity index (χ1n) is 15.9. The van der Waals surface area contributed by atoms with Gasteiger partial charge in [-0.15, -0.1) is 103 Å². The average Bonchev–Trinajstić information content (AvgIpc) is 3.95. The molecule has 7 heterocycles. The lowest BCUT2D eigenvalue weighted by Crippen LogP contribution is -1.97. The van der Waals surface area contributed by atoms with E-state index in [0.717, 1.165) is 49.4 Å². The van der Waals surface area contributed by atoms with Gasteiger partial charge in [-0.3, -0.25) is 0 Å². The van der Waals surface area contributed by atoms with E-state index in [1.165, 1.54) is 61.2 Å². The Kier molecular flexibility index (Phi) is 11.9. The molecule has 0 fully saturated rings. The molecule has 7 rings (SSSR count). The van der Waals surface area contributed by atoms with Crippen LogP contribution in [0.2, 0.25) is 0 Å². The Morgan fingerprint density at radius 3 is 0.896 bits per heavy atom. The second-order valence-electron chi connectivity index (χ2n) is 10.7.